The highest BCUT2D eigenvalue weighted by atomic mass is 35.5. The average Bonchev–Trinajstić information content (AvgIpc) is 3.02. The van der Waals surface area contributed by atoms with Gasteiger partial charge >= 0.3 is 0 Å². The first-order chi connectivity index (χ1) is 12.5. The normalized spacial score (nSPS) is 16.2. The van der Waals surface area contributed by atoms with Gasteiger partial charge in [0.2, 0.25) is 0 Å². The van der Waals surface area contributed by atoms with Crippen LogP contribution in [0.25, 0.3) is 5.70 Å². The minimum Gasteiger partial charge on any atom is -0.346 e. The SMILES string of the molecule is C=N/C=C(\C=C/C)Nc1cc(/C(=C(\C)N=C)N2C=C(C)C=C(Cl)C2)cs1. The second kappa shape index (κ2) is 9.36. The molecule has 2 rings (SSSR count). The molecule has 0 fully saturated rings. The fourth-order valence-corrected chi connectivity index (χ4v) is 3.75. The van der Waals surface area contributed by atoms with Gasteiger partial charge in [0.05, 0.1) is 28.6 Å². The molecule has 1 aromatic rings. The van der Waals surface area contributed by atoms with Gasteiger partial charge in [0.25, 0.3) is 0 Å². The lowest BCUT2D eigenvalue weighted by atomic mass is 10.1. The summed E-state index contributed by atoms with van der Waals surface area (Å²) < 4.78 is 0. The molecule has 1 aliphatic heterocycles. The zero-order chi connectivity index (χ0) is 19.1. The van der Waals surface area contributed by atoms with Crippen LogP contribution in [0.1, 0.15) is 26.3 Å². The number of aliphatic imine (C=N–C) groups is 2. The third kappa shape index (κ3) is 5.07. The molecule has 4 nitrogen and oxygen atoms in total. The van der Waals surface area contributed by atoms with Crippen LogP contribution in [0, 0.1) is 0 Å². The molecule has 0 aliphatic carbocycles. The molecular weight excluding hydrogens is 364 g/mol. The Morgan fingerprint density at radius 3 is 2.81 bits per heavy atom. The van der Waals surface area contributed by atoms with E-state index in [0.717, 1.165) is 38.3 Å². The van der Waals surface area contributed by atoms with E-state index in [2.05, 4.69) is 51.3 Å². The van der Waals surface area contributed by atoms with E-state index in [1.54, 1.807) is 17.5 Å². The van der Waals surface area contributed by atoms with Gasteiger partial charge in [0.1, 0.15) is 0 Å². The molecule has 0 unspecified atom stereocenters. The standard InChI is InChI=1S/C20H23ClN4S/c1-6-7-18(10-22-4)24-19-9-16(13-26-19)20(15(3)23-5)25-11-14(2)8-17(21)12-25/h6-11,13,24H,4-5,12H2,1-3H3/b7-6-,18-10+,20-15-. The Bertz CT molecular complexity index is 840. The van der Waals surface area contributed by atoms with Gasteiger partial charge in [0, 0.05) is 28.4 Å². The van der Waals surface area contributed by atoms with Crippen LogP contribution in [0.15, 0.2) is 74.1 Å². The Labute approximate surface area is 164 Å². The zero-order valence-corrected chi connectivity index (χ0v) is 16.9. The summed E-state index contributed by atoms with van der Waals surface area (Å²) in [6, 6.07) is 2.09. The Morgan fingerprint density at radius 1 is 1.42 bits per heavy atom. The van der Waals surface area contributed by atoms with Crippen molar-refractivity contribution in [2.75, 3.05) is 11.9 Å². The zero-order valence-electron chi connectivity index (χ0n) is 15.3. The van der Waals surface area contributed by atoms with Crippen molar-refractivity contribution >= 4 is 47.1 Å². The van der Waals surface area contributed by atoms with Crippen LogP contribution in [0.4, 0.5) is 5.00 Å². The van der Waals surface area contributed by atoms with Gasteiger partial charge in [-0.25, -0.2) is 0 Å². The number of halogens is 1. The highest BCUT2D eigenvalue weighted by Gasteiger charge is 2.18. The lowest BCUT2D eigenvalue weighted by molar-refractivity contribution is 0.571. The van der Waals surface area contributed by atoms with Crippen molar-refractivity contribution in [1.29, 1.82) is 0 Å². The van der Waals surface area contributed by atoms with E-state index >= 15 is 0 Å². The first-order valence-electron chi connectivity index (χ1n) is 8.11. The molecule has 6 heteroatoms. The summed E-state index contributed by atoms with van der Waals surface area (Å²) in [7, 11) is 0. The molecular formula is C20H23ClN4S. The Balaban J connectivity index is 2.36. The number of thiophene rings is 1. The Morgan fingerprint density at radius 2 is 2.19 bits per heavy atom. The quantitative estimate of drug-likeness (QED) is 0.460. The summed E-state index contributed by atoms with van der Waals surface area (Å²) >= 11 is 7.91. The molecule has 26 heavy (non-hydrogen) atoms. The molecule has 1 N–H and O–H groups in total. The first kappa shape index (κ1) is 19.9. The van der Waals surface area contributed by atoms with E-state index in [1.807, 2.05) is 39.0 Å². The summed E-state index contributed by atoms with van der Waals surface area (Å²) in [4.78, 5) is 10.1. The maximum atomic E-state index is 6.30. The highest BCUT2D eigenvalue weighted by Crippen LogP contribution is 2.34. The van der Waals surface area contributed by atoms with Crippen molar-refractivity contribution < 1.29 is 0 Å². The number of anilines is 1. The van der Waals surface area contributed by atoms with Crippen LogP contribution in [-0.4, -0.2) is 24.9 Å². The molecule has 0 radical (unpaired) electrons. The molecule has 2 heterocycles. The fourth-order valence-electron chi connectivity index (χ4n) is 2.65. The van der Waals surface area contributed by atoms with Gasteiger partial charge in [-0.3, -0.25) is 9.98 Å². The minimum absolute atomic E-state index is 0.615. The van der Waals surface area contributed by atoms with Gasteiger partial charge in [0.15, 0.2) is 0 Å². The third-order valence-electron chi connectivity index (χ3n) is 3.65. The van der Waals surface area contributed by atoms with E-state index in [9.17, 15) is 0 Å². The Kier molecular flexibility index (Phi) is 7.18. The van der Waals surface area contributed by atoms with Gasteiger partial charge < -0.3 is 10.2 Å². The van der Waals surface area contributed by atoms with Gasteiger partial charge in [-0.05, 0) is 58.0 Å². The summed E-state index contributed by atoms with van der Waals surface area (Å²) in [5.74, 6) is 0. The first-order valence-corrected chi connectivity index (χ1v) is 9.37. The number of hydrogen-bond donors (Lipinski definition) is 1. The van der Waals surface area contributed by atoms with Crippen molar-refractivity contribution in [3.05, 3.63) is 69.6 Å². The number of nitrogens with zero attached hydrogens (tertiary/aromatic N) is 3. The van der Waals surface area contributed by atoms with E-state index < -0.39 is 0 Å². The van der Waals surface area contributed by atoms with Crippen molar-refractivity contribution in [3.63, 3.8) is 0 Å². The second-order valence-electron chi connectivity index (χ2n) is 5.78. The summed E-state index contributed by atoms with van der Waals surface area (Å²) in [5, 5.41) is 7.24. The molecule has 1 aliphatic rings. The van der Waals surface area contributed by atoms with Gasteiger partial charge in [-0.15, -0.1) is 11.3 Å². The molecule has 0 amide bonds. The topological polar surface area (TPSA) is 40.0 Å². The maximum Gasteiger partial charge on any atom is 0.0934 e. The van der Waals surface area contributed by atoms with Crippen molar-refractivity contribution in [2.45, 2.75) is 20.8 Å². The van der Waals surface area contributed by atoms with E-state index in [0.29, 0.717) is 6.54 Å². The molecule has 1 aromatic heterocycles. The lowest BCUT2D eigenvalue weighted by Crippen LogP contribution is -2.21. The number of nitrogens with one attached hydrogen (secondary N) is 1. The van der Waals surface area contributed by atoms with E-state index in [4.69, 9.17) is 11.6 Å². The van der Waals surface area contributed by atoms with Crippen LogP contribution >= 0.6 is 22.9 Å². The van der Waals surface area contributed by atoms with Crippen LogP contribution in [0.3, 0.4) is 0 Å². The monoisotopic (exact) mass is 386 g/mol. The number of rotatable bonds is 7. The predicted molar refractivity (Wildman–Crippen MR) is 117 cm³/mol. The Hall–Kier alpha value is -2.37. The highest BCUT2D eigenvalue weighted by molar-refractivity contribution is 7.14. The second-order valence-corrected chi connectivity index (χ2v) is 7.17. The summed E-state index contributed by atoms with van der Waals surface area (Å²) in [6.07, 6.45) is 9.64. The molecule has 0 aromatic carbocycles. The van der Waals surface area contributed by atoms with Gasteiger partial charge in [-0.2, -0.15) is 0 Å². The smallest absolute Gasteiger partial charge is 0.0934 e. The molecule has 0 bridgehead atoms. The van der Waals surface area contributed by atoms with Gasteiger partial charge in [-0.1, -0.05) is 17.7 Å². The molecule has 0 saturated heterocycles. The third-order valence-corrected chi connectivity index (χ3v) is 4.72. The van der Waals surface area contributed by atoms with Crippen molar-refractivity contribution in [2.24, 2.45) is 9.98 Å². The minimum atomic E-state index is 0.615. The maximum absolute atomic E-state index is 6.30. The van der Waals surface area contributed by atoms with E-state index in [-0.39, 0.29) is 0 Å². The molecule has 0 atom stereocenters. The van der Waals surface area contributed by atoms with Crippen LogP contribution in [0.5, 0.6) is 0 Å². The predicted octanol–water partition coefficient (Wildman–Crippen LogP) is 6.01. The molecule has 136 valence electrons. The molecule has 0 spiro atoms. The van der Waals surface area contributed by atoms with E-state index in [1.165, 1.54) is 0 Å². The average molecular weight is 387 g/mol. The summed E-state index contributed by atoms with van der Waals surface area (Å²) in [6.45, 7) is 13.8. The van der Waals surface area contributed by atoms with Crippen LogP contribution < -0.4 is 5.32 Å². The van der Waals surface area contributed by atoms with Crippen LogP contribution in [-0.2, 0) is 0 Å². The van der Waals surface area contributed by atoms with Crippen molar-refractivity contribution in [3.8, 4) is 0 Å². The van der Waals surface area contributed by atoms with Crippen molar-refractivity contribution in [1.82, 2.24) is 4.90 Å². The number of allylic oxidation sites excluding steroid dienone is 5. The largest absolute Gasteiger partial charge is 0.346 e. The lowest BCUT2D eigenvalue weighted by Gasteiger charge is -2.27. The summed E-state index contributed by atoms with van der Waals surface area (Å²) in [5.41, 5.74) is 4.87. The van der Waals surface area contributed by atoms with Crippen LogP contribution in [0.2, 0.25) is 0 Å². The number of hydrogen-bond acceptors (Lipinski definition) is 5. The fraction of sp³-hybridized carbons (Fsp3) is 0.200. The molecule has 0 saturated carbocycles.